The summed E-state index contributed by atoms with van der Waals surface area (Å²) in [6, 6.07) is 0. The number of hydrogen-bond donors (Lipinski definition) is 5. The standard InChI is InChI=1S/BrH.H5O10P3/c;1-11(2,3)9-13(7,8)10-12(4,5)6/h1H;(H,7,8)(H2,1,2,3)(H2,4,5,6). The summed E-state index contributed by atoms with van der Waals surface area (Å²) >= 11 is 0. The van der Waals surface area contributed by atoms with Crippen molar-refractivity contribution in [3.8, 4) is 0 Å². The molecule has 0 heterocycles. The van der Waals surface area contributed by atoms with Gasteiger partial charge in [-0.15, -0.1) is 17.0 Å². The van der Waals surface area contributed by atoms with Crippen LogP contribution in [0.3, 0.4) is 0 Å². The van der Waals surface area contributed by atoms with E-state index in [0.717, 1.165) is 0 Å². The molecule has 88 valence electrons. The maximum atomic E-state index is 10.4. The van der Waals surface area contributed by atoms with E-state index in [0.29, 0.717) is 0 Å². The zero-order valence-corrected chi connectivity index (χ0v) is 10.4. The maximum Gasteiger partial charge on any atom is 0.490 e. The first-order chi connectivity index (χ1) is 5.41. The number of phosphoric acid groups is 3. The third-order valence-electron chi connectivity index (χ3n) is 0.419. The highest BCUT2D eigenvalue weighted by Crippen LogP contribution is 2.64. The van der Waals surface area contributed by atoms with E-state index in [1.54, 1.807) is 0 Å². The van der Waals surface area contributed by atoms with Crippen LogP contribution in [0, 0.1) is 0 Å². The van der Waals surface area contributed by atoms with E-state index in [9.17, 15) is 13.7 Å². The molecule has 0 atom stereocenters. The second-order valence-electron chi connectivity index (χ2n) is 1.61. The number of halogens is 1. The fourth-order valence-electron chi connectivity index (χ4n) is 0.284. The summed E-state index contributed by atoms with van der Waals surface area (Å²) in [5.41, 5.74) is 0. The van der Waals surface area contributed by atoms with Gasteiger partial charge in [-0.3, -0.25) is 0 Å². The van der Waals surface area contributed by atoms with Crippen molar-refractivity contribution in [3.05, 3.63) is 0 Å². The van der Waals surface area contributed by atoms with Crippen LogP contribution in [0.4, 0.5) is 0 Å². The van der Waals surface area contributed by atoms with E-state index in [4.69, 9.17) is 24.5 Å². The van der Waals surface area contributed by atoms with Crippen LogP contribution in [0.1, 0.15) is 0 Å². The Morgan fingerprint density at radius 3 is 1.07 bits per heavy atom. The van der Waals surface area contributed by atoms with E-state index in [-0.39, 0.29) is 17.0 Å². The van der Waals surface area contributed by atoms with Gasteiger partial charge < -0.3 is 24.5 Å². The minimum atomic E-state index is -5.46. The predicted molar refractivity (Wildman–Crippen MR) is 46.4 cm³/mol. The molecule has 14 heteroatoms. The Morgan fingerprint density at radius 1 is 0.714 bits per heavy atom. The minimum absolute atomic E-state index is 0. The molecule has 0 fully saturated rings. The Kier molecular flexibility index (Phi) is 6.53. The molecule has 0 spiro atoms. The van der Waals surface area contributed by atoms with Gasteiger partial charge in [-0.25, -0.2) is 13.7 Å². The molecular formula is H6BrO10P3. The van der Waals surface area contributed by atoms with E-state index >= 15 is 0 Å². The molecule has 10 nitrogen and oxygen atoms in total. The molecule has 0 unspecified atom stereocenters. The lowest BCUT2D eigenvalue weighted by molar-refractivity contribution is 0.204. The topological polar surface area (TPSA) is 171 Å². The van der Waals surface area contributed by atoms with Crippen molar-refractivity contribution in [1.29, 1.82) is 0 Å². The molecular weight excluding hydrogens is 333 g/mol. The molecule has 0 aliphatic carbocycles. The number of rotatable bonds is 4. The first-order valence-corrected chi connectivity index (χ1v) is 6.83. The van der Waals surface area contributed by atoms with Crippen molar-refractivity contribution >= 4 is 40.4 Å². The highest BCUT2D eigenvalue weighted by molar-refractivity contribution is 8.93. The average molecular weight is 339 g/mol. The van der Waals surface area contributed by atoms with Gasteiger partial charge in [-0.2, -0.15) is 8.62 Å². The molecule has 0 aliphatic heterocycles. The van der Waals surface area contributed by atoms with E-state index in [2.05, 4.69) is 8.62 Å². The monoisotopic (exact) mass is 338 g/mol. The quantitative estimate of drug-likeness (QED) is 0.435. The van der Waals surface area contributed by atoms with E-state index in [1.807, 2.05) is 0 Å². The van der Waals surface area contributed by atoms with Gasteiger partial charge in [0.2, 0.25) is 0 Å². The van der Waals surface area contributed by atoms with Crippen LogP contribution in [0.2, 0.25) is 0 Å². The smallest absolute Gasteiger partial charge is 0.302 e. The fourth-order valence-corrected chi connectivity index (χ4v) is 2.82. The van der Waals surface area contributed by atoms with Crippen molar-refractivity contribution in [3.63, 3.8) is 0 Å². The summed E-state index contributed by atoms with van der Waals surface area (Å²) in [4.78, 5) is 40.2. The van der Waals surface area contributed by atoms with Crippen molar-refractivity contribution < 1.29 is 46.8 Å². The summed E-state index contributed by atoms with van der Waals surface area (Å²) in [7, 11) is -16.2. The second-order valence-corrected chi connectivity index (χ2v) is 5.82. The Bertz CT molecular complexity index is 277. The van der Waals surface area contributed by atoms with Gasteiger partial charge in [-0.1, -0.05) is 0 Å². The molecule has 0 aromatic heterocycles. The van der Waals surface area contributed by atoms with Crippen molar-refractivity contribution in [1.82, 2.24) is 0 Å². The highest BCUT2D eigenvalue weighted by Gasteiger charge is 2.38. The highest BCUT2D eigenvalue weighted by atomic mass is 79.9. The van der Waals surface area contributed by atoms with Crippen LogP contribution in [0.15, 0.2) is 0 Å². The van der Waals surface area contributed by atoms with Crippen LogP contribution in [-0.2, 0) is 22.3 Å². The molecule has 0 rings (SSSR count). The first-order valence-electron chi connectivity index (χ1n) is 2.28. The van der Waals surface area contributed by atoms with Gasteiger partial charge >= 0.3 is 23.5 Å². The third kappa shape index (κ3) is 11.0. The zero-order chi connectivity index (χ0) is 10.9. The van der Waals surface area contributed by atoms with Gasteiger partial charge in [0.15, 0.2) is 0 Å². The van der Waals surface area contributed by atoms with Crippen LogP contribution < -0.4 is 0 Å². The molecule has 14 heavy (non-hydrogen) atoms. The minimum Gasteiger partial charge on any atom is -0.302 e. The Morgan fingerprint density at radius 2 is 0.929 bits per heavy atom. The van der Waals surface area contributed by atoms with Gasteiger partial charge in [0.1, 0.15) is 0 Å². The van der Waals surface area contributed by atoms with Crippen molar-refractivity contribution in [2.75, 3.05) is 0 Å². The van der Waals surface area contributed by atoms with Gasteiger partial charge in [0.05, 0.1) is 0 Å². The molecule has 0 saturated heterocycles. The molecule has 0 bridgehead atoms. The van der Waals surface area contributed by atoms with Crippen LogP contribution in [0.25, 0.3) is 0 Å². The summed E-state index contributed by atoms with van der Waals surface area (Å²) in [6.45, 7) is 0. The molecule has 0 amide bonds. The van der Waals surface area contributed by atoms with Crippen LogP contribution >= 0.6 is 40.4 Å². The molecule has 0 radical (unpaired) electrons. The molecule has 0 aromatic rings. The van der Waals surface area contributed by atoms with E-state index in [1.165, 1.54) is 0 Å². The van der Waals surface area contributed by atoms with Gasteiger partial charge in [0.25, 0.3) is 0 Å². The lowest BCUT2D eigenvalue weighted by Gasteiger charge is -2.11. The van der Waals surface area contributed by atoms with E-state index < -0.39 is 23.5 Å². The third-order valence-corrected chi connectivity index (χ3v) is 3.77. The fraction of sp³-hybridized carbons (Fsp3) is 0. The Labute approximate surface area is 87.7 Å². The summed E-state index contributed by atoms with van der Waals surface area (Å²) in [6.07, 6.45) is 0. The molecule has 0 aromatic carbocycles. The normalized spacial score (nSPS) is 13.5. The van der Waals surface area contributed by atoms with Gasteiger partial charge in [0, 0.05) is 0 Å². The first kappa shape index (κ1) is 17.3. The Hall–Kier alpha value is 0.890. The van der Waals surface area contributed by atoms with Crippen molar-refractivity contribution in [2.24, 2.45) is 0 Å². The lowest BCUT2D eigenvalue weighted by atomic mass is 15.7. The molecule has 5 N–H and O–H groups in total. The predicted octanol–water partition coefficient (Wildman–Crippen LogP) is -0.117. The maximum absolute atomic E-state index is 10.4. The summed E-state index contributed by atoms with van der Waals surface area (Å²) < 4.78 is 36.4. The largest absolute Gasteiger partial charge is 0.490 e. The summed E-state index contributed by atoms with van der Waals surface area (Å²) in [5, 5.41) is 0. The van der Waals surface area contributed by atoms with Crippen LogP contribution in [0.5, 0.6) is 0 Å². The van der Waals surface area contributed by atoms with Crippen LogP contribution in [-0.4, -0.2) is 24.5 Å². The van der Waals surface area contributed by atoms with Crippen molar-refractivity contribution in [2.45, 2.75) is 0 Å². The second kappa shape index (κ2) is 5.29. The van der Waals surface area contributed by atoms with Gasteiger partial charge in [-0.05, 0) is 0 Å². The average Bonchev–Trinajstić information content (AvgIpc) is 1.43. The zero-order valence-electron chi connectivity index (χ0n) is 6.03. The Balaban J connectivity index is 0. The molecule has 0 aliphatic rings. The number of hydrogen-bond acceptors (Lipinski definition) is 5. The molecule has 0 saturated carbocycles. The SMILES string of the molecule is Br.O=P(O)(O)OP(=O)(O)OP(=O)(O)O. The summed E-state index contributed by atoms with van der Waals surface area (Å²) in [5.74, 6) is 0. The lowest BCUT2D eigenvalue weighted by Crippen LogP contribution is -1.91.